The second-order valence-corrected chi connectivity index (χ2v) is 4.72. The molecule has 1 aromatic carbocycles. The molecule has 0 unspecified atom stereocenters. The van der Waals surface area contributed by atoms with Crippen LogP contribution in [0.5, 0.6) is 0 Å². The van der Waals surface area contributed by atoms with E-state index in [2.05, 4.69) is 5.32 Å². The number of carbonyl (C=O) groups excluding carboxylic acids is 1. The van der Waals surface area contributed by atoms with E-state index in [0.29, 0.717) is 0 Å². The van der Waals surface area contributed by atoms with Gasteiger partial charge in [-0.15, -0.1) is 0 Å². The number of nitrogens with one attached hydrogen (secondary N) is 1. The summed E-state index contributed by atoms with van der Waals surface area (Å²) < 4.78 is 0. The molecule has 0 aliphatic carbocycles. The molecule has 92 valence electrons. The summed E-state index contributed by atoms with van der Waals surface area (Å²) in [5.41, 5.74) is 7.89. The van der Waals surface area contributed by atoms with Gasteiger partial charge in [0.1, 0.15) is 0 Å². The van der Waals surface area contributed by atoms with Crippen LogP contribution in [-0.4, -0.2) is 12.5 Å². The first-order valence-corrected chi connectivity index (χ1v) is 6.38. The number of aryl methyl sites for hydroxylation is 1. The number of para-hydroxylation sites is 1. The summed E-state index contributed by atoms with van der Waals surface area (Å²) in [5.74, 6) is 0.383. The topological polar surface area (TPSA) is 55.1 Å². The lowest BCUT2D eigenvalue weighted by Gasteiger charge is -2.13. The Morgan fingerprint density at radius 2 is 2.12 bits per heavy atom. The Kier molecular flexibility index (Phi) is 4.02. The van der Waals surface area contributed by atoms with E-state index in [1.54, 1.807) is 0 Å². The van der Waals surface area contributed by atoms with Crippen molar-refractivity contribution in [2.75, 3.05) is 12.3 Å². The molecule has 0 aromatic heterocycles. The van der Waals surface area contributed by atoms with Crippen molar-refractivity contribution in [1.82, 2.24) is 5.32 Å². The largest absolute Gasteiger partial charge is 0.399 e. The highest BCUT2D eigenvalue weighted by Crippen LogP contribution is 2.20. The second kappa shape index (κ2) is 5.71. The van der Waals surface area contributed by atoms with Crippen LogP contribution in [0, 0.1) is 5.92 Å². The Balaban J connectivity index is 1.93. The van der Waals surface area contributed by atoms with E-state index in [1.807, 2.05) is 24.3 Å². The van der Waals surface area contributed by atoms with Crippen LogP contribution in [0.2, 0.25) is 0 Å². The number of hydrogen-bond donors (Lipinski definition) is 2. The maximum atomic E-state index is 11.8. The van der Waals surface area contributed by atoms with E-state index in [1.165, 1.54) is 0 Å². The van der Waals surface area contributed by atoms with Gasteiger partial charge in [-0.05, 0) is 37.3 Å². The summed E-state index contributed by atoms with van der Waals surface area (Å²) in [6.45, 7) is 0.836. The van der Waals surface area contributed by atoms with Crippen molar-refractivity contribution in [2.24, 2.45) is 5.92 Å². The van der Waals surface area contributed by atoms with Gasteiger partial charge in [-0.2, -0.15) is 0 Å². The summed E-state index contributed by atoms with van der Waals surface area (Å²) in [4.78, 5) is 11.8. The quantitative estimate of drug-likeness (QED) is 0.784. The van der Waals surface area contributed by atoms with E-state index >= 15 is 0 Å². The van der Waals surface area contributed by atoms with Crippen molar-refractivity contribution >= 4 is 11.6 Å². The molecule has 17 heavy (non-hydrogen) atoms. The van der Waals surface area contributed by atoms with Crippen molar-refractivity contribution in [3.63, 3.8) is 0 Å². The van der Waals surface area contributed by atoms with Crippen molar-refractivity contribution in [3.8, 4) is 0 Å². The summed E-state index contributed by atoms with van der Waals surface area (Å²) in [6, 6.07) is 7.91. The van der Waals surface area contributed by atoms with Crippen molar-refractivity contribution in [1.29, 1.82) is 0 Å². The zero-order chi connectivity index (χ0) is 12.1. The standard InChI is InChI=1S/C14H20N2O/c15-13-7-2-1-5-11(13)8-9-12-6-3-4-10-16-14(12)17/h1-2,5,7,12H,3-4,6,8-10,15H2,(H,16,17)/t12-/m0/s1. The summed E-state index contributed by atoms with van der Waals surface area (Å²) in [6.07, 6.45) is 5.06. The maximum Gasteiger partial charge on any atom is 0.223 e. The van der Waals surface area contributed by atoms with Crippen LogP contribution < -0.4 is 11.1 Å². The normalized spacial score (nSPS) is 20.7. The number of amides is 1. The minimum Gasteiger partial charge on any atom is -0.399 e. The first-order chi connectivity index (χ1) is 8.27. The number of benzene rings is 1. The predicted octanol–water partition coefficient (Wildman–Crippen LogP) is 2.12. The predicted molar refractivity (Wildman–Crippen MR) is 69.5 cm³/mol. The molecule has 0 spiro atoms. The van der Waals surface area contributed by atoms with Crippen molar-refractivity contribution < 1.29 is 4.79 Å². The van der Waals surface area contributed by atoms with Gasteiger partial charge in [0.05, 0.1) is 0 Å². The van der Waals surface area contributed by atoms with Gasteiger partial charge in [0.25, 0.3) is 0 Å². The lowest BCUT2D eigenvalue weighted by molar-refractivity contribution is -0.124. The molecule has 1 fully saturated rings. The maximum absolute atomic E-state index is 11.8. The lowest BCUT2D eigenvalue weighted by atomic mass is 9.94. The van der Waals surface area contributed by atoms with Crippen LogP contribution in [0.3, 0.4) is 0 Å². The molecule has 3 N–H and O–H groups in total. The molecule has 1 aliphatic heterocycles. The highest BCUT2D eigenvalue weighted by molar-refractivity contribution is 5.78. The highest BCUT2D eigenvalue weighted by atomic mass is 16.1. The third-order valence-electron chi connectivity index (χ3n) is 3.47. The van der Waals surface area contributed by atoms with Crippen LogP contribution in [0.4, 0.5) is 5.69 Å². The molecular formula is C14H20N2O. The molecule has 1 aromatic rings. The van der Waals surface area contributed by atoms with Crippen LogP contribution in [-0.2, 0) is 11.2 Å². The van der Waals surface area contributed by atoms with E-state index in [-0.39, 0.29) is 11.8 Å². The number of hydrogen-bond acceptors (Lipinski definition) is 2. The Hall–Kier alpha value is -1.51. The number of carbonyl (C=O) groups is 1. The molecule has 0 saturated carbocycles. The molecule has 1 atom stereocenters. The fourth-order valence-electron chi connectivity index (χ4n) is 2.37. The molecule has 3 heteroatoms. The first kappa shape index (κ1) is 12.0. The third-order valence-corrected chi connectivity index (χ3v) is 3.47. The van der Waals surface area contributed by atoms with Gasteiger partial charge < -0.3 is 11.1 Å². The molecule has 2 rings (SSSR count). The van der Waals surface area contributed by atoms with Gasteiger partial charge in [-0.25, -0.2) is 0 Å². The van der Waals surface area contributed by atoms with E-state index in [4.69, 9.17) is 5.73 Å². The molecule has 1 heterocycles. The van der Waals surface area contributed by atoms with Gasteiger partial charge in [0, 0.05) is 18.2 Å². The fourth-order valence-corrected chi connectivity index (χ4v) is 2.37. The fraction of sp³-hybridized carbons (Fsp3) is 0.500. The average molecular weight is 232 g/mol. The smallest absolute Gasteiger partial charge is 0.223 e. The highest BCUT2D eigenvalue weighted by Gasteiger charge is 2.20. The summed E-state index contributed by atoms with van der Waals surface area (Å²) in [7, 11) is 0. The lowest BCUT2D eigenvalue weighted by Crippen LogP contribution is -2.29. The summed E-state index contributed by atoms with van der Waals surface area (Å²) >= 11 is 0. The van der Waals surface area contributed by atoms with Gasteiger partial charge in [0.15, 0.2) is 0 Å². The number of rotatable bonds is 3. The molecule has 1 saturated heterocycles. The van der Waals surface area contributed by atoms with Gasteiger partial charge >= 0.3 is 0 Å². The Morgan fingerprint density at radius 3 is 2.94 bits per heavy atom. The van der Waals surface area contributed by atoms with Gasteiger partial charge in [-0.1, -0.05) is 24.6 Å². The number of anilines is 1. The SMILES string of the molecule is Nc1ccccc1CC[C@@H]1CCCCNC1=O. The van der Waals surface area contributed by atoms with E-state index in [0.717, 1.165) is 49.9 Å². The number of nitrogen functional groups attached to an aromatic ring is 1. The summed E-state index contributed by atoms with van der Waals surface area (Å²) in [5, 5.41) is 2.98. The first-order valence-electron chi connectivity index (χ1n) is 6.38. The molecule has 0 bridgehead atoms. The van der Waals surface area contributed by atoms with Crippen LogP contribution in [0.25, 0.3) is 0 Å². The Bertz CT molecular complexity index is 390. The molecule has 0 radical (unpaired) electrons. The minimum absolute atomic E-state index is 0.164. The zero-order valence-electron chi connectivity index (χ0n) is 10.1. The van der Waals surface area contributed by atoms with E-state index < -0.39 is 0 Å². The molecular weight excluding hydrogens is 212 g/mol. The number of nitrogens with two attached hydrogens (primary N) is 1. The van der Waals surface area contributed by atoms with Crippen LogP contribution in [0.15, 0.2) is 24.3 Å². The Morgan fingerprint density at radius 1 is 1.29 bits per heavy atom. The van der Waals surface area contributed by atoms with Gasteiger partial charge in [0.2, 0.25) is 5.91 Å². The van der Waals surface area contributed by atoms with Crippen molar-refractivity contribution in [3.05, 3.63) is 29.8 Å². The van der Waals surface area contributed by atoms with Gasteiger partial charge in [-0.3, -0.25) is 4.79 Å². The van der Waals surface area contributed by atoms with Crippen LogP contribution >= 0.6 is 0 Å². The molecule has 1 aliphatic rings. The molecule has 3 nitrogen and oxygen atoms in total. The van der Waals surface area contributed by atoms with E-state index in [9.17, 15) is 4.79 Å². The average Bonchev–Trinajstić information content (AvgIpc) is 2.53. The van der Waals surface area contributed by atoms with Crippen LogP contribution in [0.1, 0.15) is 31.2 Å². The molecule has 1 amide bonds. The van der Waals surface area contributed by atoms with Crippen molar-refractivity contribution in [2.45, 2.75) is 32.1 Å². The Labute approximate surface area is 102 Å². The second-order valence-electron chi connectivity index (χ2n) is 4.72. The minimum atomic E-state index is 0.164. The zero-order valence-corrected chi connectivity index (χ0v) is 10.1. The monoisotopic (exact) mass is 232 g/mol. The third kappa shape index (κ3) is 3.22.